The van der Waals surface area contributed by atoms with Crippen molar-refractivity contribution in [3.63, 3.8) is 0 Å². The van der Waals surface area contributed by atoms with Crippen molar-refractivity contribution in [3.8, 4) is 0 Å². The Hall–Kier alpha value is -0.220. The average Bonchev–Trinajstić information content (AvgIpc) is 2.64. The highest BCUT2D eigenvalue weighted by Gasteiger charge is 2.28. The summed E-state index contributed by atoms with van der Waals surface area (Å²) in [5.74, 6) is 2.56. The number of aliphatic imine (C=N–C) groups is 1. The summed E-state index contributed by atoms with van der Waals surface area (Å²) in [6.45, 7) is 16.7. The number of carbonyl (C=O) groups excluding carboxylic acids is 1. The summed E-state index contributed by atoms with van der Waals surface area (Å²) < 4.78 is 0. The SMILES string of the molecule is CCNC(=NCC(C)SC)N1CCN(CC(=O)N2CC(C)CC(C)C2)CC1.I. The van der Waals surface area contributed by atoms with E-state index in [1.807, 2.05) is 11.8 Å². The molecule has 2 aliphatic rings. The molecule has 0 aromatic carbocycles. The first-order chi connectivity index (χ1) is 12.9. The highest BCUT2D eigenvalue weighted by molar-refractivity contribution is 14.0. The van der Waals surface area contributed by atoms with E-state index in [1.54, 1.807) is 0 Å². The number of nitrogens with zero attached hydrogens (tertiary/aromatic N) is 4. The Bertz CT molecular complexity index is 489. The molecule has 3 atom stereocenters. The standard InChI is InChI=1S/C20H39N5OS.HI/c1-6-21-20(22-12-18(4)27-5)24-9-7-23(8-10-24)15-19(26)25-13-16(2)11-17(3)14-25;/h16-18H,6-15H2,1-5H3,(H,21,22);1H. The lowest BCUT2D eigenvalue weighted by Gasteiger charge is -2.39. The normalized spacial score (nSPS) is 25.2. The van der Waals surface area contributed by atoms with Crippen LogP contribution in [-0.2, 0) is 4.79 Å². The lowest BCUT2D eigenvalue weighted by atomic mass is 9.92. The minimum Gasteiger partial charge on any atom is -0.357 e. The van der Waals surface area contributed by atoms with Gasteiger partial charge in [0.25, 0.3) is 0 Å². The average molecular weight is 526 g/mol. The zero-order valence-corrected chi connectivity index (χ0v) is 21.5. The van der Waals surface area contributed by atoms with E-state index >= 15 is 0 Å². The van der Waals surface area contributed by atoms with E-state index < -0.39 is 0 Å². The van der Waals surface area contributed by atoms with Crippen LogP contribution in [0.1, 0.15) is 34.1 Å². The number of piperazine rings is 1. The highest BCUT2D eigenvalue weighted by atomic mass is 127. The largest absolute Gasteiger partial charge is 0.357 e. The minimum absolute atomic E-state index is 0. The number of guanidine groups is 1. The molecule has 2 saturated heterocycles. The van der Waals surface area contributed by atoms with Crippen LogP contribution in [0.2, 0.25) is 0 Å². The molecule has 0 aromatic heterocycles. The molecule has 0 saturated carbocycles. The van der Waals surface area contributed by atoms with E-state index in [-0.39, 0.29) is 24.0 Å². The van der Waals surface area contributed by atoms with Crippen molar-refractivity contribution in [1.82, 2.24) is 20.0 Å². The molecule has 0 aliphatic carbocycles. The fraction of sp³-hybridized carbons (Fsp3) is 0.900. The Morgan fingerprint density at radius 2 is 1.75 bits per heavy atom. The van der Waals surface area contributed by atoms with Crippen molar-refractivity contribution in [1.29, 1.82) is 0 Å². The van der Waals surface area contributed by atoms with E-state index in [0.29, 0.717) is 29.5 Å². The highest BCUT2D eigenvalue weighted by Crippen LogP contribution is 2.21. The molecule has 8 heteroatoms. The van der Waals surface area contributed by atoms with E-state index in [9.17, 15) is 4.79 Å². The number of hydrogen-bond acceptors (Lipinski definition) is 4. The predicted molar refractivity (Wildman–Crippen MR) is 132 cm³/mol. The van der Waals surface area contributed by atoms with Gasteiger partial charge in [0.1, 0.15) is 0 Å². The molecule has 28 heavy (non-hydrogen) atoms. The molecular weight excluding hydrogens is 485 g/mol. The molecule has 0 bridgehead atoms. The van der Waals surface area contributed by atoms with Crippen LogP contribution in [-0.4, -0.2) is 97.0 Å². The van der Waals surface area contributed by atoms with Crippen LogP contribution in [0.25, 0.3) is 0 Å². The maximum absolute atomic E-state index is 12.7. The maximum Gasteiger partial charge on any atom is 0.236 e. The fourth-order valence-electron chi connectivity index (χ4n) is 3.99. The van der Waals surface area contributed by atoms with E-state index in [2.05, 4.69) is 54.0 Å². The molecule has 0 spiro atoms. The van der Waals surface area contributed by atoms with Crippen LogP contribution in [0.3, 0.4) is 0 Å². The van der Waals surface area contributed by atoms with Gasteiger partial charge in [-0.2, -0.15) is 11.8 Å². The number of rotatable bonds is 6. The summed E-state index contributed by atoms with van der Waals surface area (Å²) in [5.41, 5.74) is 0. The second kappa shape index (κ2) is 13.2. The number of carbonyl (C=O) groups is 1. The molecule has 2 rings (SSSR count). The number of thioether (sulfide) groups is 1. The third-order valence-corrected chi connectivity index (χ3v) is 6.44. The van der Waals surface area contributed by atoms with Gasteiger partial charge < -0.3 is 15.1 Å². The Balaban J connectivity index is 0.00000392. The molecule has 1 N–H and O–H groups in total. The molecule has 1 amide bonds. The molecular formula is C20H40IN5OS. The smallest absolute Gasteiger partial charge is 0.236 e. The van der Waals surface area contributed by atoms with Crippen molar-refractivity contribution in [2.75, 3.05) is 65.2 Å². The third-order valence-electron chi connectivity index (χ3n) is 5.49. The number of nitrogens with one attached hydrogen (secondary N) is 1. The van der Waals surface area contributed by atoms with Crippen molar-refractivity contribution in [2.24, 2.45) is 16.8 Å². The summed E-state index contributed by atoms with van der Waals surface area (Å²) >= 11 is 1.85. The van der Waals surface area contributed by atoms with Gasteiger partial charge >= 0.3 is 0 Å². The molecule has 2 fully saturated rings. The van der Waals surface area contributed by atoms with Crippen molar-refractivity contribution in [2.45, 2.75) is 39.4 Å². The van der Waals surface area contributed by atoms with E-state index in [0.717, 1.165) is 58.3 Å². The predicted octanol–water partition coefficient (Wildman–Crippen LogP) is 2.44. The van der Waals surface area contributed by atoms with Gasteiger partial charge in [0.2, 0.25) is 5.91 Å². The molecule has 2 heterocycles. The van der Waals surface area contributed by atoms with Gasteiger partial charge in [0, 0.05) is 51.1 Å². The summed E-state index contributed by atoms with van der Waals surface area (Å²) in [4.78, 5) is 24.2. The van der Waals surface area contributed by atoms with Crippen molar-refractivity contribution < 1.29 is 4.79 Å². The first-order valence-electron chi connectivity index (χ1n) is 10.5. The molecule has 0 radical (unpaired) electrons. The van der Waals surface area contributed by atoms with Gasteiger partial charge in [0.05, 0.1) is 13.1 Å². The van der Waals surface area contributed by atoms with Crippen LogP contribution in [0, 0.1) is 11.8 Å². The summed E-state index contributed by atoms with van der Waals surface area (Å²) in [6.07, 6.45) is 3.37. The Kier molecular flexibility index (Phi) is 12.1. The first-order valence-corrected chi connectivity index (χ1v) is 11.8. The number of hydrogen-bond donors (Lipinski definition) is 1. The first kappa shape index (κ1) is 25.8. The molecule has 0 aromatic rings. The number of likely N-dealkylation sites (tertiary alicyclic amines) is 1. The number of amides is 1. The molecule has 164 valence electrons. The second-order valence-electron chi connectivity index (χ2n) is 8.25. The monoisotopic (exact) mass is 525 g/mol. The maximum atomic E-state index is 12.7. The molecule has 2 aliphatic heterocycles. The quantitative estimate of drug-likeness (QED) is 0.328. The van der Waals surface area contributed by atoms with Crippen LogP contribution >= 0.6 is 35.7 Å². The minimum atomic E-state index is 0. The number of halogens is 1. The molecule has 6 nitrogen and oxygen atoms in total. The lowest BCUT2D eigenvalue weighted by Crippen LogP contribution is -2.55. The van der Waals surface area contributed by atoms with Crippen molar-refractivity contribution in [3.05, 3.63) is 0 Å². The summed E-state index contributed by atoms with van der Waals surface area (Å²) in [7, 11) is 0. The summed E-state index contributed by atoms with van der Waals surface area (Å²) in [5, 5.41) is 3.96. The fourth-order valence-corrected chi connectivity index (χ4v) is 4.21. The zero-order chi connectivity index (χ0) is 19.8. The Labute approximate surface area is 193 Å². The van der Waals surface area contributed by atoms with Crippen LogP contribution < -0.4 is 5.32 Å². The second-order valence-corrected chi connectivity index (χ2v) is 9.53. The van der Waals surface area contributed by atoms with E-state index in [1.165, 1.54) is 6.42 Å². The number of piperidine rings is 1. The van der Waals surface area contributed by atoms with Crippen LogP contribution in [0.5, 0.6) is 0 Å². The van der Waals surface area contributed by atoms with Gasteiger partial charge in [-0.25, -0.2) is 0 Å². The van der Waals surface area contributed by atoms with Gasteiger partial charge in [-0.05, 0) is 31.4 Å². The zero-order valence-electron chi connectivity index (χ0n) is 18.3. The summed E-state index contributed by atoms with van der Waals surface area (Å²) in [6, 6.07) is 0. The van der Waals surface area contributed by atoms with Gasteiger partial charge in [0.15, 0.2) is 5.96 Å². The van der Waals surface area contributed by atoms with Crippen LogP contribution in [0.4, 0.5) is 0 Å². The van der Waals surface area contributed by atoms with Crippen molar-refractivity contribution >= 4 is 47.6 Å². The van der Waals surface area contributed by atoms with Gasteiger partial charge in [-0.15, -0.1) is 24.0 Å². The topological polar surface area (TPSA) is 51.2 Å². The van der Waals surface area contributed by atoms with Crippen LogP contribution in [0.15, 0.2) is 4.99 Å². The van der Waals surface area contributed by atoms with E-state index in [4.69, 9.17) is 4.99 Å². The molecule has 3 unspecified atom stereocenters. The van der Waals surface area contributed by atoms with Gasteiger partial charge in [-0.3, -0.25) is 14.7 Å². The third kappa shape index (κ3) is 8.26. The Morgan fingerprint density at radius 1 is 1.14 bits per heavy atom. The Morgan fingerprint density at radius 3 is 2.29 bits per heavy atom. The van der Waals surface area contributed by atoms with Gasteiger partial charge in [-0.1, -0.05) is 20.8 Å². The lowest BCUT2D eigenvalue weighted by molar-refractivity contribution is -0.135.